The number of fused-ring (bicyclic) bond motifs is 3. The van der Waals surface area contributed by atoms with Crippen molar-refractivity contribution in [2.24, 2.45) is 0 Å². The molecule has 8 atom stereocenters. The SMILES string of the molecule is COc1ccc(COC(=O)C/C(C)=C/[C@@H](O)[C@H]2O[C@@H]3CC/C(Cl)=C/C/C=C(/COC(=O)CCCCCNC(=O)CCC[C@@H]4SC[C@@H]5NC(=O)N[C@@H]54)[C@H](OC(C)=O)CC(=O)O[C@@H]2C3)c(OC)c1. The van der Waals surface area contributed by atoms with Crippen molar-refractivity contribution in [1.29, 1.82) is 0 Å². The van der Waals surface area contributed by atoms with Gasteiger partial charge in [-0.1, -0.05) is 41.8 Å². The molecule has 364 valence electrons. The topological polar surface area (TPSA) is 223 Å². The fraction of sp³-hybridized carbons (Fsp3) is 0.617. The minimum Gasteiger partial charge on any atom is -0.497 e. The Morgan fingerprint density at radius 1 is 1.00 bits per heavy atom. The van der Waals surface area contributed by atoms with Gasteiger partial charge in [-0.2, -0.15) is 11.8 Å². The number of urea groups is 1. The monoisotopic (exact) mass is 961 g/mol. The Balaban J connectivity index is 1.08. The molecule has 4 aliphatic heterocycles. The zero-order valence-electron chi connectivity index (χ0n) is 38.1. The third-order valence-electron chi connectivity index (χ3n) is 11.7. The number of esters is 4. The number of nitrogens with one attached hydrogen (secondary N) is 3. The van der Waals surface area contributed by atoms with Crippen LogP contribution in [0.1, 0.15) is 103 Å². The summed E-state index contributed by atoms with van der Waals surface area (Å²) < 4.78 is 39.4. The number of amides is 3. The average Bonchev–Trinajstić information content (AvgIpc) is 3.97. The number of hydrogen-bond donors (Lipinski definition) is 4. The van der Waals surface area contributed by atoms with Gasteiger partial charge in [0.25, 0.3) is 0 Å². The van der Waals surface area contributed by atoms with Gasteiger partial charge < -0.3 is 54.2 Å². The summed E-state index contributed by atoms with van der Waals surface area (Å²) in [5, 5.41) is 21.0. The molecule has 0 aromatic heterocycles. The van der Waals surface area contributed by atoms with E-state index in [1.807, 2.05) is 11.8 Å². The van der Waals surface area contributed by atoms with Crippen LogP contribution in [0.4, 0.5) is 4.79 Å². The second-order valence-electron chi connectivity index (χ2n) is 16.8. The highest BCUT2D eigenvalue weighted by atomic mass is 35.5. The number of hydrogen-bond acceptors (Lipinski definition) is 15. The molecule has 0 spiro atoms. The van der Waals surface area contributed by atoms with E-state index < -0.39 is 60.8 Å². The number of benzene rings is 1. The lowest BCUT2D eigenvalue weighted by Crippen LogP contribution is -2.37. The molecule has 2 bridgehead atoms. The number of ether oxygens (including phenoxy) is 7. The molecule has 0 saturated carbocycles. The maximum atomic E-state index is 13.5. The van der Waals surface area contributed by atoms with Gasteiger partial charge in [0.2, 0.25) is 5.91 Å². The number of methoxy groups -OCH3 is 2. The van der Waals surface area contributed by atoms with E-state index in [9.17, 15) is 33.9 Å². The fourth-order valence-electron chi connectivity index (χ4n) is 8.28. The van der Waals surface area contributed by atoms with Crippen LogP contribution >= 0.6 is 23.4 Å². The van der Waals surface area contributed by atoms with E-state index in [4.69, 9.17) is 44.8 Å². The van der Waals surface area contributed by atoms with Gasteiger partial charge in [-0.25, -0.2) is 4.79 Å². The number of unbranched alkanes of at least 4 members (excludes halogenated alkanes) is 2. The Morgan fingerprint density at radius 3 is 2.58 bits per heavy atom. The van der Waals surface area contributed by atoms with E-state index in [2.05, 4.69) is 16.0 Å². The molecule has 1 aromatic rings. The molecule has 0 unspecified atom stereocenters. The molecule has 3 saturated heterocycles. The number of halogens is 1. The van der Waals surface area contributed by atoms with Gasteiger partial charge in [-0.15, -0.1) is 0 Å². The van der Waals surface area contributed by atoms with Gasteiger partial charge in [0.05, 0.1) is 45.2 Å². The van der Waals surface area contributed by atoms with Gasteiger partial charge in [0.1, 0.15) is 49.1 Å². The highest BCUT2D eigenvalue weighted by Gasteiger charge is 2.43. The molecular weight excluding hydrogens is 898 g/mol. The second-order valence-corrected chi connectivity index (χ2v) is 18.6. The first-order chi connectivity index (χ1) is 31.7. The Kier molecular flexibility index (Phi) is 21.0. The van der Waals surface area contributed by atoms with Crippen LogP contribution in [0.3, 0.4) is 0 Å². The number of rotatable bonds is 21. The zero-order chi connectivity index (χ0) is 47.6. The van der Waals surface area contributed by atoms with E-state index in [0.717, 1.165) is 18.6 Å². The Morgan fingerprint density at radius 2 is 1.80 bits per heavy atom. The minimum atomic E-state index is -1.26. The van der Waals surface area contributed by atoms with Gasteiger partial charge in [-0.05, 0) is 64.0 Å². The molecule has 4 aliphatic rings. The number of carbonyl (C=O) groups excluding carboxylic acids is 6. The smallest absolute Gasteiger partial charge is 0.315 e. The van der Waals surface area contributed by atoms with Gasteiger partial charge in [-0.3, -0.25) is 24.0 Å². The van der Waals surface area contributed by atoms with Crippen molar-refractivity contribution in [2.45, 2.75) is 152 Å². The maximum Gasteiger partial charge on any atom is 0.315 e. The highest BCUT2D eigenvalue weighted by Crippen LogP contribution is 2.34. The number of aliphatic hydroxyl groups excluding tert-OH is 1. The van der Waals surface area contributed by atoms with Gasteiger partial charge in [0, 0.05) is 66.0 Å². The van der Waals surface area contributed by atoms with Crippen LogP contribution in [0.5, 0.6) is 11.5 Å². The van der Waals surface area contributed by atoms with E-state index in [1.165, 1.54) is 27.2 Å². The number of aliphatic hydroxyl groups is 1. The van der Waals surface area contributed by atoms with Crippen LogP contribution in [-0.2, 0) is 54.3 Å². The van der Waals surface area contributed by atoms with Crippen molar-refractivity contribution < 1.29 is 67.0 Å². The fourth-order valence-corrected chi connectivity index (χ4v) is 10.0. The van der Waals surface area contributed by atoms with Crippen LogP contribution in [-0.4, -0.2) is 122 Å². The van der Waals surface area contributed by atoms with E-state index in [1.54, 1.807) is 37.3 Å². The summed E-state index contributed by atoms with van der Waals surface area (Å²) in [5.41, 5.74) is 1.53. The van der Waals surface area contributed by atoms with E-state index in [0.29, 0.717) is 90.0 Å². The summed E-state index contributed by atoms with van der Waals surface area (Å²) in [6.07, 6.45) is 5.32. The molecular formula is C47H64ClN3O14S. The molecule has 3 amide bonds. The molecule has 0 aliphatic carbocycles. The van der Waals surface area contributed by atoms with E-state index >= 15 is 0 Å². The van der Waals surface area contributed by atoms with Crippen LogP contribution < -0.4 is 25.4 Å². The van der Waals surface area contributed by atoms with Crippen LogP contribution in [0.15, 0.2) is 52.6 Å². The summed E-state index contributed by atoms with van der Waals surface area (Å²) in [6.45, 7) is 3.09. The molecule has 4 N–H and O–H groups in total. The summed E-state index contributed by atoms with van der Waals surface area (Å²) in [6, 6.07) is 5.32. The molecule has 0 radical (unpaired) electrons. The van der Waals surface area contributed by atoms with Gasteiger partial charge >= 0.3 is 29.9 Å². The lowest BCUT2D eigenvalue weighted by Gasteiger charge is -2.24. The Bertz CT molecular complexity index is 1960. The zero-order valence-corrected chi connectivity index (χ0v) is 39.7. The first-order valence-electron chi connectivity index (χ1n) is 22.6. The lowest BCUT2D eigenvalue weighted by atomic mass is 10.0. The summed E-state index contributed by atoms with van der Waals surface area (Å²) >= 11 is 8.42. The second kappa shape index (κ2) is 26.5. The number of allylic oxidation sites excluding steroid dienone is 3. The molecule has 66 heavy (non-hydrogen) atoms. The summed E-state index contributed by atoms with van der Waals surface area (Å²) in [7, 11) is 3.04. The normalized spacial score (nSPS) is 26.4. The Labute approximate surface area is 395 Å². The lowest BCUT2D eigenvalue weighted by molar-refractivity contribution is -0.159. The third kappa shape index (κ3) is 16.8. The predicted molar refractivity (Wildman–Crippen MR) is 245 cm³/mol. The average molecular weight is 963 g/mol. The van der Waals surface area contributed by atoms with Crippen LogP contribution in [0.25, 0.3) is 0 Å². The first-order valence-corrected chi connectivity index (χ1v) is 24.0. The van der Waals surface area contributed by atoms with Crippen molar-refractivity contribution in [3.8, 4) is 11.5 Å². The largest absolute Gasteiger partial charge is 0.497 e. The van der Waals surface area contributed by atoms with Crippen molar-refractivity contribution >= 4 is 59.2 Å². The molecule has 5 rings (SSSR count). The first kappa shape index (κ1) is 52.2. The number of thioether (sulfide) groups is 1. The number of carbonyl (C=O) groups is 6. The van der Waals surface area contributed by atoms with E-state index in [-0.39, 0.29) is 56.5 Å². The van der Waals surface area contributed by atoms with Crippen molar-refractivity contribution in [3.05, 3.63) is 58.2 Å². The predicted octanol–water partition coefficient (Wildman–Crippen LogP) is 5.62. The summed E-state index contributed by atoms with van der Waals surface area (Å²) in [4.78, 5) is 75.4. The standard InChI is InChI=1S/C47H64ClN3O14S/c1-28(21-43(56)62-26-31-15-17-33(59-3)22-37(31)60-4)20-36(53)46-39-23-34(64-46)18-16-32(48)11-8-10-30(38(63-29(2)52)24-44(57)65-39)25-61-42(55)14-6-5-7-19-49-41(54)13-9-12-40-45-35(27-66-40)50-47(58)51-45/h10-11,15,17,20,22,34-36,38-40,45-46,53H,5-9,12-14,16,18-19,21,23-27H2,1-4H3,(H,49,54)(H2,50,51,58)/b28-20+,30-10-,32-11-/t34-,35+,36-,38-,39-,40+,45+,46-/m1/s1. The quantitative estimate of drug-likeness (QED) is 0.0386. The summed E-state index contributed by atoms with van der Waals surface area (Å²) in [5.74, 6) is -0.425. The molecule has 4 heterocycles. The van der Waals surface area contributed by atoms with Gasteiger partial charge in [0.15, 0.2) is 0 Å². The molecule has 19 heteroatoms. The minimum absolute atomic E-state index is 0.0252. The molecule has 3 fully saturated rings. The molecule has 17 nitrogen and oxygen atoms in total. The maximum absolute atomic E-state index is 13.5. The van der Waals surface area contributed by atoms with Crippen LogP contribution in [0.2, 0.25) is 0 Å². The van der Waals surface area contributed by atoms with Crippen molar-refractivity contribution in [3.63, 3.8) is 0 Å². The van der Waals surface area contributed by atoms with Crippen LogP contribution in [0, 0.1) is 0 Å². The highest BCUT2D eigenvalue weighted by molar-refractivity contribution is 8.00. The Hall–Kier alpha value is -4.78. The van der Waals surface area contributed by atoms with Crippen molar-refractivity contribution in [2.75, 3.05) is 33.1 Å². The van der Waals surface area contributed by atoms with Crippen molar-refractivity contribution in [1.82, 2.24) is 16.0 Å². The third-order valence-corrected chi connectivity index (χ3v) is 13.6. The molecule has 1 aromatic carbocycles.